The molecule has 1 aromatic rings. The van der Waals surface area contributed by atoms with Gasteiger partial charge in [-0.1, -0.05) is 18.5 Å². The minimum absolute atomic E-state index is 0. The van der Waals surface area contributed by atoms with Gasteiger partial charge < -0.3 is 0 Å². The number of ketones is 1. The molecule has 1 saturated heterocycles. The number of piperazine rings is 1. The molecule has 0 amide bonds. The quantitative estimate of drug-likeness (QED) is 0.357. The van der Waals surface area contributed by atoms with E-state index in [0.717, 1.165) is 18.4 Å². The Morgan fingerprint density at radius 1 is 1.09 bits per heavy atom. The van der Waals surface area contributed by atoms with Crippen LogP contribution in [-0.2, 0) is 10.0 Å². The van der Waals surface area contributed by atoms with Crippen LogP contribution in [0.2, 0.25) is 5.02 Å². The van der Waals surface area contributed by atoms with E-state index in [1.807, 2.05) is 13.0 Å². The summed E-state index contributed by atoms with van der Waals surface area (Å²) in [6, 6.07) is 5.43. The maximum absolute atomic E-state index is 14.1. The van der Waals surface area contributed by atoms with Crippen molar-refractivity contribution in [1.82, 2.24) is 9.21 Å². The van der Waals surface area contributed by atoms with Crippen molar-refractivity contribution in [2.45, 2.75) is 82.1 Å². The fraction of sp³-hybridized carbons (Fsp3) is 0.720. The van der Waals surface area contributed by atoms with E-state index in [0.29, 0.717) is 74.8 Å². The number of sulfonamides is 1. The standard InChI is InChI=1S/C25H35ClF2N2O3S.ClH/c1-2-17-34(32,33)30-15-13-29(14-16-30)24(9-11-25(27,28)12-10-24)8-7-23(31)21-6-5-20(26)18-22(21)19-3-4-19;/h5-6,18-19H,2-4,7-17H2,1H3;1H. The number of nitrogens with zero attached hydrogens (tertiary/aromatic N) is 2. The third-order valence-electron chi connectivity index (χ3n) is 7.83. The molecule has 10 heteroatoms. The summed E-state index contributed by atoms with van der Waals surface area (Å²) in [6.45, 7) is 3.61. The lowest BCUT2D eigenvalue weighted by Crippen LogP contribution is -2.60. The van der Waals surface area contributed by atoms with E-state index in [1.165, 1.54) is 4.31 Å². The highest BCUT2D eigenvalue weighted by Crippen LogP contribution is 2.46. The molecule has 0 unspecified atom stereocenters. The smallest absolute Gasteiger partial charge is 0.248 e. The summed E-state index contributed by atoms with van der Waals surface area (Å²) in [5.41, 5.74) is 1.22. The summed E-state index contributed by atoms with van der Waals surface area (Å²) in [4.78, 5) is 15.5. The number of hydrogen-bond donors (Lipinski definition) is 0. The van der Waals surface area contributed by atoms with Gasteiger partial charge in [0.2, 0.25) is 15.9 Å². The molecule has 0 atom stereocenters. The molecule has 1 aromatic carbocycles. The zero-order valence-electron chi connectivity index (χ0n) is 20.3. The first-order valence-corrected chi connectivity index (χ1v) is 14.5. The van der Waals surface area contributed by atoms with E-state index in [1.54, 1.807) is 12.1 Å². The van der Waals surface area contributed by atoms with Crippen molar-refractivity contribution < 1.29 is 22.0 Å². The first-order valence-electron chi connectivity index (χ1n) is 12.5. The Morgan fingerprint density at radius 2 is 1.71 bits per heavy atom. The topological polar surface area (TPSA) is 57.7 Å². The fourth-order valence-corrected chi connectivity index (χ4v) is 7.31. The predicted molar refractivity (Wildman–Crippen MR) is 138 cm³/mol. The van der Waals surface area contributed by atoms with Gasteiger partial charge >= 0.3 is 0 Å². The van der Waals surface area contributed by atoms with E-state index in [4.69, 9.17) is 11.6 Å². The van der Waals surface area contributed by atoms with Crippen LogP contribution in [0.25, 0.3) is 0 Å². The van der Waals surface area contributed by atoms with Crippen LogP contribution in [0.3, 0.4) is 0 Å². The van der Waals surface area contributed by atoms with Crippen LogP contribution in [0.5, 0.6) is 0 Å². The first-order chi connectivity index (χ1) is 16.1. The van der Waals surface area contributed by atoms with Crippen molar-refractivity contribution in [2.24, 2.45) is 0 Å². The Morgan fingerprint density at radius 3 is 2.29 bits per heavy atom. The van der Waals surface area contributed by atoms with Crippen molar-refractivity contribution in [3.05, 3.63) is 34.3 Å². The molecule has 0 bridgehead atoms. The molecular weight excluding hydrogens is 517 g/mol. The first kappa shape index (κ1) is 28.8. The molecule has 3 aliphatic rings. The molecule has 0 N–H and O–H groups in total. The number of Topliss-reactive ketones (excluding diaryl/α,β-unsaturated/α-hetero) is 1. The summed E-state index contributed by atoms with van der Waals surface area (Å²) in [5.74, 6) is -2.11. The molecule has 2 aliphatic carbocycles. The summed E-state index contributed by atoms with van der Waals surface area (Å²) in [5, 5.41) is 0.625. The summed E-state index contributed by atoms with van der Waals surface area (Å²) >= 11 is 6.17. The summed E-state index contributed by atoms with van der Waals surface area (Å²) in [7, 11) is -3.28. The van der Waals surface area contributed by atoms with E-state index in [-0.39, 0.29) is 36.8 Å². The lowest BCUT2D eigenvalue weighted by molar-refractivity contribution is -0.0891. The van der Waals surface area contributed by atoms with Gasteiger partial charge in [0.1, 0.15) is 0 Å². The van der Waals surface area contributed by atoms with Crippen molar-refractivity contribution in [1.29, 1.82) is 0 Å². The molecular formula is C25H36Cl2F2N2O3S. The number of halogens is 4. The van der Waals surface area contributed by atoms with Gasteiger partial charge in [-0.15, -0.1) is 12.4 Å². The van der Waals surface area contributed by atoms with Crippen molar-refractivity contribution in [3.63, 3.8) is 0 Å². The minimum Gasteiger partial charge on any atom is -0.295 e. The second-order valence-corrected chi connectivity index (χ2v) is 12.7. The van der Waals surface area contributed by atoms with Gasteiger partial charge in [0, 0.05) is 61.6 Å². The van der Waals surface area contributed by atoms with Gasteiger partial charge in [-0.3, -0.25) is 9.69 Å². The van der Waals surface area contributed by atoms with Crippen LogP contribution in [0.1, 0.15) is 86.6 Å². The third kappa shape index (κ3) is 6.75. The minimum atomic E-state index is -3.28. The van der Waals surface area contributed by atoms with E-state index < -0.39 is 21.5 Å². The summed E-state index contributed by atoms with van der Waals surface area (Å²) < 4.78 is 54.6. The lowest BCUT2D eigenvalue weighted by Gasteiger charge is -2.51. The number of carbonyl (C=O) groups excluding carboxylic acids is 1. The van der Waals surface area contributed by atoms with Crippen LogP contribution in [0.4, 0.5) is 8.78 Å². The average Bonchev–Trinajstić information content (AvgIpc) is 3.64. The number of alkyl halides is 2. The second-order valence-electron chi connectivity index (χ2n) is 10.2. The number of carbonyl (C=O) groups is 1. The van der Waals surface area contributed by atoms with Gasteiger partial charge in [-0.05, 0) is 68.2 Å². The number of hydrogen-bond acceptors (Lipinski definition) is 4. The Balaban J connectivity index is 0.00000342. The molecule has 1 aliphatic heterocycles. The van der Waals surface area contributed by atoms with Crippen molar-refractivity contribution >= 4 is 39.8 Å². The van der Waals surface area contributed by atoms with Gasteiger partial charge in [0.15, 0.2) is 5.78 Å². The Labute approximate surface area is 219 Å². The monoisotopic (exact) mass is 552 g/mol. The molecule has 2 saturated carbocycles. The largest absolute Gasteiger partial charge is 0.295 e. The second kappa shape index (κ2) is 11.3. The number of rotatable bonds is 9. The normalized spacial score (nSPS) is 23.0. The fourth-order valence-electron chi connectivity index (χ4n) is 5.63. The molecule has 0 radical (unpaired) electrons. The highest BCUT2D eigenvalue weighted by atomic mass is 35.5. The van der Waals surface area contributed by atoms with Crippen LogP contribution in [0, 0.1) is 0 Å². The van der Waals surface area contributed by atoms with Crippen LogP contribution in [0.15, 0.2) is 18.2 Å². The van der Waals surface area contributed by atoms with E-state index >= 15 is 0 Å². The zero-order valence-corrected chi connectivity index (χ0v) is 22.7. The van der Waals surface area contributed by atoms with Gasteiger partial charge in [-0.25, -0.2) is 17.2 Å². The molecule has 4 rings (SSSR count). The highest BCUT2D eigenvalue weighted by Gasteiger charge is 2.47. The molecule has 35 heavy (non-hydrogen) atoms. The van der Waals surface area contributed by atoms with Crippen LogP contribution < -0.4 is 0 Å². The lowest BCUT2D eigenvalue weighted by atomic mass is 9.74. The molecule has 0 spiro atoms. The Kier molecular flexibility index (Phi) is 9.29. The van der Waals surface area contributed by atoms with Gasteiger partial charge in [0.05, 0.1) is 5.75 Å². The number of benzene rings is 1. The highest BCUT2D eigenvalue weighted by molar-refractivity contribution is 7.89. The maximum Gasteiger partial charge on any atom is 0.248 e. The Hall–Kier alpha value is -0.800. The van der Waals surface area contributed by atoms with Gasteiger partial charge in [0.25, 0.3) is 0 Å². The van der Waals surface area contributed by atoms with Crippen LogP contribution >= 0.6 is 24.0 Å². The summed E-state index contributed by atoms with van der Waals surface area (Å²) in [6.07, 6.45) is 3.76. The van der Waals surface area contributed by atoms with Gasteiger partial charge in [-0.2, -0.15) is 4.31 Å². The molecule has 3 fully saturated rings. The van der Waals surface area contributed by atoms with E-state index in [2.05, 4.69) is 4.90 Å². The molecule has 1 heterocycles. The van der Waals surface area contributed by atoms with Crippen LogP contribution in [-0.4, -0.2) is 66.8 Å². The zero-order chi connectivity index (χ0) is 24.6. The van der Waals surface area contributed by atoms with Crippen molar-refractivity contribution in [2.75, 3.05) is 31.9 Å². The molecule has 0 aromatic heterocycles. The van der Waals surface area contributed by atoms with E-state index in [9.17, 15) is 22.0 Å². The Bertz CT molecular complexity index is 1000. The molecule has 5 nitrogen and oxygen atoms in total. The third-order valence-corrected chi connectivity index (χ3v) is 10.1. The molecule has 198 valence electrons. The SMILES string of the molecule is CCCS(=O)(=O)N1CCN(C2(CCC(=O)c3ccc(Cl)cc3C3CC3)CCC(F)(F)CC2)CC1.Cl. The average molecular weight is 554 g/mol. The maximum atomic E-state index is 14.1. The predicted octanol–water partition coefficient (Wildman–Crippen LogP) is 5.91. The van der Waals surface area contributed by atoms with Crippen molar-refractivity contribution in [3.8, 4) is 0 Å².